The van der Waals surface area contributed by atoms with Crippen molar-refractivity contribution in [3.63, 3.8) is 0 Å². The number of anilines is 1. The van der Waals surface area contributed by atoms with Crippen molar-refractivity contribution in [3.05, 3.63) is 16.8 Å². The summed E-state index contributed by atoms with van der Waals surface area (Å²) >= 11 is 1.77. The molecule has 0 spiro atoms. The highest BCUT2D eigenvalue weighted by Gasteiger charge is 2.34. The van der Waals surface area contributed by atoms with Crippen molar-refractivity contribution in [1.82, 2.24) is 0 Å². The first-order chi connectivity index (χ1) is 9.14. The van der Waals surface area contributed by atoms with Gasteiger partial charge in [-0.2, -0.15) is 11.3 Å². The molecular weight excluding hydrogens is 258 g/mol. The van der Waals surface area contributed by atoms with E-state index in [0.29, 0.717) is 5.92 Å². The van der Waals surface area contributed by atoms with Crippen LogP contribution in [0.5, 0.6) is 0 Å². The SMILES string of the molecule is CC1(C)COC(C2CCN(c3ccsc3)CC2)OC1. The highest BCUT2D eigenvalue weighted by atomic mass is 32.1. The van der Waals surface area contributed by atoms with Crippen LogP contribution in [0.15, 0.2) is 16.8 Å². The van der Waals surface area contributed by atoms with E-state index in [1.807, 2.05) is 0 Å². The second-order valence-electron chi connectivity index (χ2n) is 6.46. The molecule has 1 aromatic heterocycles. The lowest BCUT2D eigenvalue weighted by Gasteiger charge is -2.41. The zero-order valence-corrected chi connectivity index (χ0v) is 12.6. The van der Waals surface area contributed by atoms with Gasteiger partial charge in [0.2, 0.25) is 0 Å². The Morgan fingerprint density at radius 3 is 2.47 bits per heavy atom. The van der Waals surface area contributed by atoms with Crippen LogP contribution in [0, 0.1) is 11.3 Å². The molecule has 106 valence electrons. The van der Waals surface area contributed by atoms with Crippen molar-refractivity contribution in [2.45, 2.75) is 33.0 Å². The van der Waals surface area contributed by atoms with Crippen LogP contribution in [0.1, 0.15) is 26.7 Å². The first-order valence-electron chi connectivity index (χ1n) is 7.14. The first kappa shape index (κ1) is 13.4. The topological polar surface area (TPSA) is 21.7 Å². The summed E-state index contributed by atoms with van der Waals surface area (Å²) in [6.45, 7) is 8.28. The lowest BCUT2D eigenvalue weighted by Crippen LogP contribution is -2.45. The molecule has 2 aliphatic rings. The van der Waals surface area contributed by atoms with Crippen LogP contribution < -0.4 is 4.90 Å². The van der Waals surface area contributed by atoms with E-state index in [4.69, 9.17) is 9.47 Å². The fraction of sp³-hybridized carbons (Fsp3) is 0.733. The molecular formula is C15H23NO2S. The molecule has 0 aliphatic carbocycles. The molecule has 2 aliphatic heterocycles. The molecule has 4 heteroatoms. The molecule has 0 bridgehead atoms. The highest BCUT2D eigenvalue weighted by molar-refractivity contribution is 7.08. The summed E-state index contributed by atoms with van der Waals surface area (Å²) in [7, 11) is 0. The van der Waals surface area contributed by atoms with Gasteiger partial charge in [-0.15, -0.1) is 0 Å². The van der Waals surface area contributed by atoms with Gasteiger partial charge in [-0.05, 0) is 24.3 Å². The summed E-state index contributed by atoms with van der Waals surface area (Å²) < 4.78 is 11.8. The molecule has 0 atom stereocenters. The Morgan fingerprint density at radius 1 is 1.21 bits per heavy atom. The molecule has 0 aromatic carbocycles. The number of hydrogen-bond donors (Lipinski definition) is 0. The molecule has 0 saturated carbocycles. The summed E-state index contributed by atoms with van der Waals surface area (Å²) in [6, 6.07) is 2.21. The van der Waals surface area contributed by atoms with Crippen molar-refractivity contribution in [3.8, 4) is 0 Å². The minimum absolute atomic E-state index is 0.0256. The molecule has 0 amide bonds. The molecule has 2 fully saturated rings. The summed E-state index contributed by atoms with van der Waals surface area (Å²) in [5.74, 6) is 0.561. The van der Waals surface area contributed by atoms with Gasteiger partial charge in [0, 0.05) is 35.5 Å². The summed E-state index contributed by atoms with van der Waals surface area (Å²) in [5.41, 5.74) is 1.54. The van der Waals surface area contributed by atoms with Crippen molar-refractivity contribution < 1.29 is 9.47 Å². The molecule has 3 rings (SSSR count). The Balaban J connectivity index is 1.51. The van der Waals surface area contributed by atoms with Gasteiger partial charge in [-0.3, -0.25) is 0 Å². The number of piperidine rings is 1. The van der Waals surface area contributed by atoms with Gasteiger partial charge in [0.25, 0.3) is 0 Å². The van der Waals surface area contributed by atoms with Crippen molar-refractivity contribution in [1.29, 1.82) is 0 Å². The van der Waals surface area contributed by atoms with E-state index >= 15 is 0 Å². The molecule has 0 unspecified atom stereocenters. The molecule has 3 heterocycles. The maximum atomic E-state index is 5.92. The van der Waals surface area contributed by atoms with Crippen LogP contribution in [-0.4, -0.2) is 32.6 Å². The fourth-order valence-corrected chi connectivity index (χ4v) is 3.51. The number of ether oxygens (including phenoxy) is 2. The van der Waals surface area contributed by atoms with Gasteiger partial charge in [0.15, 0.2) is 6.29 Å². The lowest BCUT2D eigenvalue weighted by atomic mass is 9.92. The average Bonchev–Trinajstić information content (AvgIpc) is 2.93. The van der Waals surface area contributed by atoms with E-state index in [1.165, 1.54) is 18.5 Å². The Labute approximate surface area is 119 Å². The Morgan fingerprint density at radius 2 is 1.89 bits per heavy atom. The molecule has 2 saturated heterocycles. The number of rotatable bonds is 2. The third-order valence-corrected chi connectivity index (χ3v) is 4.74. The minimum atomic E-state index is 0.0256. The van der Waals surface area contributed by atoms with E-state index in [-0.39, 0.29) is 11.7 Å². The average molecular weight is 281 g/mol. The van der Waals surface area contributed by atoms with E-state index in [1.54, 1.807) is 11.3 Å². The largest absolute Gasteiger partial charge is 0.371 e. The quantitative estimate of drug-likeness (QED) is 0.829. The van der Waals surface area contributed by atoms with E-state index < -0.39 is 0 Å². The summed E-state index contributed by atoms with van der Waals surface area (Å²) in [6.07, 6.45) is 2.36. The Kier molecular flexibility index (Phi) is 3.83. The van der Waals surface area contributed by atoms with Crippen LogP contribution in [0.4, 0.5) is 5.69 Å². The Bertz CT molecular complexity index is 386. The third-order valence-electron chi connectivity index (χ3n) is 4.07. The van der Waals surface area contributed by atoms with E-state index in [2.05, 4.69) is 35.6 Å². The van der Waals surface area contributed by atoms with Crippen molar-refractivity contribution in [2.75, 3.05) is 31.2 Å². The zero-order chi connectivity index (χ0) is 13.3. The normalized spacial score (nSPS) is 25.7. The van der Waals surface area contributed by atoms with Crippen molar-refractivity contribution in [2.24, 2.45) is 11.3 Å². The first-order valence-corrected chi connectivity index (χ1v) is 8.09. The zero-order valence-electron chi connectivity index (χ0n) is 11.8. The number of nitrogens with zero attached hydrogens (tertiary/aromatic N) is 1. The second-order valence-corrected chi connectivity index (χ2v) is 7.24. The number of hydrogen-bond acceptors (Lipinski definition) is 4. The molecule has 1 aromatic rings. The number of thiophene rings is 1. The van der Waals surface area contributed by atoms with Crippen molar-refractivity contribution >= 4 is 17.0 Å². The van der Waals surface area contributed by atoms with Crippen LogP contribution in [0.25, 0.3) is 0 Å². The highest BCUT2D eigenvalue weighted by Crippen LogP contribution is 2.32. The van der Waals surface area contributed by atoms with E-state index in [9.17, 15) is 0 Å². The standard InChI is InChI=1S/C15H23NO2S/c1-15(2)10-17-14(18-11-15)12-3-6-16(7-4-12)13-5-8-19-9-13/h5,8-9,12,14H,3-4,6-7,10-11H2,1-2H3. The lowest BCUT2D eigenvalue weighted by molar-refractivity contribution is -0.245. The van der Waals surface area contributed by atoms with Gasteiger partial charge in [-0.25, -0.2) is 0 Å². The van der Waals surface area contributed by atoms with Crippen LogP contribution in [0.2, 0.25) is 0 Å². The second kappa shape index (κ2) is 5.43. The molecule has 0 radical (unpaired) electrons. The molecule has 0 N–H and O–H groups in total. The van der Waals surface area contributed by atoms with Crippen LogP contribution >= 0.6 is 11.3 Å². The molecule has 19 heavy (non-hydrogen) atoms. The predicted octanol–water partition coefficient (Wildman–Crippen LogP) is 3.36. The van der Waals surface area contributed by atoms with Gasteiger partial charge < -0.3 is 14.4 Å². The molecule has 3 nitrogen and oxygen atoms in total. The van der Waals surface area contributed by atoms with Gasteiger partial charge in [-0.1, -0.05) is 13.8 Å². The van der Waals surface area contributed by atoms with Crippen LogP contribution in [-0.2, 0) is 9.47 Å². The summed E-state index contributed by atoms with van der Waals surface area (Å²) in [4.78, 5) is 2.47. The van der Waals surface area contributed by atoms with Gasteiger partial charge in [0.05, 0.1) is 13.2 Å². The summed E-state index contributed by atoms with van der Waals surface area (Å²) in [5, 5.41) is 4.38. The minimum Gasteiger partial charge on any atom is -0.371 e. The fourth-order valence-electron chi connectivity index (χ4n) is 2.84. The Hall–Kier alpha value is -0.580. The third kappa shape index (κ3) is 3.12. The maximum absolute atomic E-state index is 5.92. The van der Waals surface area contributed by atoms with Crippen LogP contribution in [0.3, 0.4) is 0 Å². The van der Waals surface area contributed by atoms with E-state index in [0.717, 1.165) is 26.3 Å². The van der Waals surface area contributed by atoms with Gasteiger partial charge >= 0.3 is 0 Å². The maximum Gasteiger partial charge on any atom is 0.160 e. The smallest absolute Gasteiger partial charge is 0.160 e. The monoisotopic (exact) mass is 281 g/mol. The predicted molar refractivity (Wildman–Crippen MR) is 78.7 cm³/mol. The van der Waals surface area contributed by atoms with Gasteiger partial charge in [0.1, 0.15) is 0 Å².